The molecule has 9 nitrogen and oxygen atoms in total. The summed E-state index contributed by atoms with van der Waals surface area (Å²) >= 11 is 1.33. The van der Waals surface area contributed by atoms with Gasteiger partial charge >= 0.3 is 12.0 Å². The molecule has 0 atom stereocenters. The lowest BCUT2D eigenvalue weighted by molar-refractivity contribution is -0.140. The van der Waals surface area contributed by atoms with Gasteiger partial charge in [-0.05, 0) is 42.5 Å². The molecule has 11 heteroatoms. The Morgan fingerprint density at radius 2 is 1.88 bits per heavy atom. The van der Waals surface area contributed by atoms with Gasteiger partial charge in [-0.15, -0.1) is 11.8 Å². The molecule has 2 aromatic rings. The van der Waals surface area contributed by atoms with Crippen LogP contribution in [-0.2, 0) is 30.3 Å². The highest BCUT2D eigenvalue weighted by Gasteiger charge is 2.19. The summed E-state index contributed by atoms with van der Waals surface area (Å²) in [6.45, 7) is -0.267. The van der Waals surface area contributed by atoms with Crippen molar-refractivity contribution in [2.75, 3.05) is 43.0 Å². The number of amides is 2. The number of carbonyl (C=O) groups excluding carboxylic acids is 2. The number of ether oxygens (including phenoxy) is 1. The molecule has 0 radical (unpaired) electrons. The Morgan fingerprint density at radius 3 is 2.45 bits per heavy atom. The fraction of sp³-hybridized carbons (Fsp3) is 0.318. The summed E-state index contributed by atoms with van der Waals surface area (Å²) in [6.07, 6.45) is 3.45. The Balaban J connectivity index is 2.26. The van der Waals surface area contributed by atoms with Gasteiger partial charge in [0, 0.05) is 17.0 Å². The fourth-order valence-corrected chi connectivity index (χ4v) is 3.99. The van der Waals surface area contributed by atoms with Crippen molar-refractivity contribution < 1.29 is 26.9 Å². The van der Waals surface area contributed by atoms with E-state index in [-0.39, 0.29) is 25.5 Å². The number of carbonyl (C=O) groups is 2. The molecule has 0 spiro atoms. The van der Waals surface area contributed by atoms with Crippen LogP contribution < -0.4 is 10.2 Å². The zero-order valence-electron chi connectivity index (χ0n) is 18.5. The second-order valence-electron chi connectivity index (χ2n) is 6.85. The van der Waals surface area contributed by atoms with Crippen molar-refractivity contribution in [2.24, 2.45) is 0 Å². The molecule has 0 saturated heterocycles. The summed E-state index contributed by atoms with van der Waals surface area (Å²) < 4.78 is 32.2. The first kappa shape index (κ1) is 26.2. The molecule has 0 bridgehead atoms. The standard InChI is InChI=1S/C22H25N3O6S2/c1-30-20(26)12-9-16-7-10-18(11-8-16)25(13-14-31-33(3,28)29)22(27)24-19-6-4-5-17(15-23)21(19)32-2/h4-8,10-11H,9,12-14H2,1-3H3,(H,24,27). The molecule has 33 heavy (non-hydrogen) atoms. The maximum absolute atomic E-state index is 13.1. The zero-order valence-corrected chi connectivity index (χ0v) is 20.2. The molecule has 0 unspecified atom stereocenters. The Morgan fingerprint density at radius 1 is 1.18 bits per heavy atom. The highest BCUT2D eigenvalue weighted by atomic mass is 32.2. The number of aryl methyl sites for hydroxylation is 1. The highest BCUT2D eigenvalue weighted by molar-refractivity contribution is 7.98. The number of methoxy groups -OCH3 is 1. The van der Waals surface area contributed by atoms with Gasteiger partial charge in [-0.1, -0.05) is 18.2 Å². The number of nitrogens with one attached hydrogen (secondary N) is 1. The fourth-order valence-electron chi connectivity index (χ4n) is 2.94. The van der Waals surface area contributed by atoms with Crippen molar-refractivity contribution >= 4 is 45.3 Å². The minimum atomic E-state index is -3.67. The Hall–Kier alpha value is -3.07. The second-order valence-corrected chi connectivity index (χ2v) is 9.31. The number of anilines is 2. The van der Waals surface area contributed by atoms with Gasteiger partial charge in [0.2, 0.25) is 0 Å². The maximum Gasteiger partial charge on any atom is 0.326 e. The van der Waals surface area contributed by atoms with E-state index in [1.165, 1.54) is 23.8 Å². The maximum atomic E-state index is 13.1. The number of nitrogens with zero attached hydrogens (tertiary/aromatic N) is 2. The van der Waals surface area contributed by atoms with Crippen LogP contribution in [0.15, 0.2) is 47.4 Å². The Labute approximate surface area is 197 Å². The summed E-state index contributed by atoms with van der Waals surface area (Å²) in [7, 11) is -2.34. The molecule has 0 aliphatic carbocycles. The number of hydrogen-bond acceptors (Lipinski definition) is 8. The van der Waals surface area contributed by atoms with E-state index in [0.717, 1.165) is 11.8 Å². The zero-order chi connectivity index (χ0) is 24.4. The van der Waals surface area contributed by atoms with Crippen LogP contribution in [0.1, 0.15) is 17.5 Å². The normalized spacial score (nSPS) is 10.8. The average Bonchev–Trinajstić information content (AvgIpc) is 2.79. The second kappa shape index (κ2) is 12.2. The monoisotopic (exact) mass is 491 g/mol. The largest absolute Gasteiger partial charge is 0.469 e. The summed E-state index contributed by atoms with van der Waals surface area (Å²) in [4.78, 5) is 26.5. The SMILES string of the molecule is COC(=O)CCc1ccc(N(CCOS(C)(=O)=O)C(=O)Nc2cccc(C#N)c2SC)cc1. The van der Waals surface area contributed by atoms with Gasteiger partial charge in [-0.3, -0.25) is 13.9 Å². The van der Waals surface area contributed by atoms with Crippen molar-refractivity contribution in [1.29, 1.82) is 5.26 Å². The number of hydrogen-bond donors (Lipinski definition) is 1. The molecule has 2 aromatic carbocycles. The molecule has 0 heterocycles. The third-order valence-corrected chi connectivity index (χ3v) is 5.98. The predicted octanol–water partition coefficient (Wildman–Crippen LogP) is 3.40. The predicted molar refractivity (Wildman–Crippen MR) is 127 cm³/mol. The lowest BCUT2D eigenvalue weighted by Gasteiger charge is -2.24. The molecular weight excluding hydrogens is 466 g/mol. The van der Waals surface area contributed by atoms with Crippen LogP contribution >= 0.6 is 11.8 Å². The van der Waals surface area contributed by atoms with Crippen molar-refractivity contribution in [1.82, 2.24) is 0 Å². The molecule has 0 saturated carbocycles. The van der Waals surface area contributed by atoms with Gasteiger partial charge in [0.25, 0.3) is 10.1 Å². The molecular formula is C22H25N3O6S2. The van der Waals surface area contributed by atoms with Crippen LogP contribution in [0.5, 0.6) is 0 Å². The molecule has 0 aliphatic rings. The van der Waals surface area contributed by atoms with E-state index in [1.54, 1.807) is 48.7 Å². The van der Waals surface area contributed by atoms with E-state index in [4.69, 9.17) is 4.18 Å². The topological polar surface area (TPSA) is 126 Å². The number of benzene rings is 2. The van der Waals surface area contributed by atoms with E-state index < -0.39 is 16.1 Å². The van der Waals surface area contributed by atoms with Crippen LogP contribution in [0.3, 0.4) is 0 Å². The molecule has 2 rings (SSSR count). The van der Waals surface area contributed by atoms with Gasteiger partial charge < -0.3 is 10.1 Å². The third-order valence-electron chi connectivity index (χ3n) is 4.53. The first-order valence-electron chi connectivity index (χ1n) is 9.84. The van der Waals surface area contributed by atoms with E-state index in [0.29, 0.717) is 28.3 Å². The smallest absolute Gasteiger partial charge is 0.326 e. The first-order valence-corrected chi connectivity index (χ1v) is 12.9. The van der Waals surface area contributed by atoms with Crippen LogP contribution in [0, 0.1) is 11.3 Å². The third kappa shape index (κ3) is 8.09. The van der Waals surface area contributed by atoms with Crippen molar-refractivity contribution in [3.8, 4) is 6.07 Å². The van der Waals surface area contributed by atoms with Crippen LogP contribution in [0.25, 0.3) is 0 Å². The highest BCUT2D eigenvalue weighted by Crippen LogP contribution is 2.29. The van der Waals surface area contributed by atoms with Crippen LogP contribution in [0.4, 0.5) is 16.2 Å². The number of rotatable bonds is 10. The summed E-state index contributed by atoms with van der Waals surface area (Å²) in [5, 5.41) is 12.1. The first-order chi connectivity index (χ1) is 15.7. The van der Waals surface area contributed by atoms with Gasteiger partial charge in [0.05, 0.1) is 37.8 Å². The molecule has 1 N–H and O–H groups in total. The van der Waals surface area contributed by atoms with Gasteiger partial charge in [0.1, 0.15) is 6.07 Å². The minimum Gasteiger partial charge on any atom is -0.469 e. The van der Waals surface area contributed by atoms with E-state index in [9.17, 15) is 23.3 Å². The Bertz CT molecular complexity index is 1130. The van der Waals surface area contributed by atoms with Crippen molar-refractivity contribution in [3.05, 3.63) is 53.6 Å². The van der Waals surface area contributed by atoms with Crippen molar-refractivity contribution in [3.63, 3.8) is 0 Å². The summed E-state index contributed by atoms with van der Waals surface area (Å²) in [5.41, 5.74) is 2.29. The lowest BCUT2D eigenvalue weighted by Crippen LogP contribution is -2.38. The van der Waals surface area contributed by atoms with Gasteiger partial charge in [0.15, 0.2) is 0 Å². The molecule has 0 aliphatic heterocycles. The quantitative estimate of drug-likeness (QED) is 0.304. The molecule has 0 fully saturated rings. The Kier molecular flexibility index (Phi) is 9.72. The van der Waals surface area contributed by atoms with E-state index in [2.05, 4.69) is 16.1 Å². The van der Waals surface area contributed by atoms with Crippen LogP contribution in [0.2, 0.25) is 0 Å². The summed E-state index contributed by atoms with van der Waals surface area (Å²) in [6, 6.07) is 13.6. The number of nitriles is 1. The molecule has 0 aromatic heterocycles. The molecule has 176 valence electrons. The van der Waals surface area contributed by atoms with Gasteiger partial charge in [-0.25, -0.2) is 4.79 Å². The average molecular weight is 492 g/mol. The minimum absolute atomic E-state index is 0.0348. The van der Waals surface area contributed by atoms with E-state index in [1.807, 2.05) is 0 Å². The van der Waals surface area contributed by atoms with E-state index >= 15 is 0 Å². The van der Waals surface area contributed by atoms with Crippen molar-refractivity contribution in [2.45, 2.75) is 17.7 Å². The summed E-state index contributed by atoms with van der Waals surface area (Å²) in [5.74, 6) is -0.317. The van der Waals surface area contributed by atoms with Gasteiger partial charge in [-0.2, -0.15) is 13.7 Å². The number of esters is 1. The lowest BCUT2D eigenvalue weighted by atomic mass is 10.1. The van der Waals surface area contributed by atoms with Crippen LogP contribution in [-0.4, -0.2) is 53.2 Å². The number of thioether (sulfide) groups is 1. The molecule has 2 amide bonds. The number of urea groups is 1.